The van der Waals surface area contributed by atoms with Crippen molar-refractivity contribution in [3.63, 3.8) is 0 Å². The topological polar surface area (TPSA) is 278 Å². The molecular weight excluding hydrogens is 476 g/mol. The van der Waals surface area contributed by atoms with Gasteiger partial charge in [-0.05, 0) is 38.5 Å². The maximum absolute atomic E-state index is 12.9. The number of carbonyl (C=O) groups is 5. The Kier molecular flexibility index (Phi) is 14.7. The molecule has 15 heteroatoms. The molecular formula is C21H40N8O7. The zero-order chi connectivity index (χ0) is 28.0. The van der Waals surface area contributed by atoms with Gasteiger partial charge in [0.15, 0.2) is 5.96 Å². The number of nitrogens with zero attached hydrogens (tertiary/aromatic N) is 1. The highest BCUT2D eigenvalue weighted by molar-refractivity contribution is 5.94. The van der Waals surface area contributed by atoms with Gasteiger partial charge >= 0.3 is 5.97 Å². The number of carbonyl (C=O) groups excluding carboxylic acids is 4. The lowest BCUT2D eigenvalue weighted by Gasteiger charge is -2.27. The molecule has 0 aromatic rings. The van der Waals surface area contributed by atoms with Crippen molar-refractivity contribution >= 4 is 35.6 Å². The quantitative estimate of drug-likeness (QED) is 0.0524. The zero-order valence-electron chi connectivity index (χ0n) is 20.9. The summed E-state index contributed by atoms with van der Waals surface area (Å²) in [5, 5.41) is 26.6. The van der Waals surface area contributed by atoms with E-state index in [0.717, 1.165) is 0 Å². The standard InChI is InChI=1S/C21H40N8O7/c1-10(2)9-14(28-17(32)12(22)6-7-15(23)31)18(33)29-16(11(3)30)19(34)27-13(20(35)36)5-4-8-26-21(24)25/h10-14,16,30H,4-9,22H2,1-3H3,(H2,23,31)(H,27,34)(H,28,32)(H,29,33)(H,35,36)(H4,24,25,26). The molecule has 206 valence electrons. The van der Waals surface area contributed by atoms with Gasteiger partial charge in [-0.1, -0.05) is 13.8 Å². The van der Waals surface area contributed by atoms with Crippen LogP contribution in [0.25, 0.3) is 0 Å². The molecule has 5 unspecified atom stereocenters. The molecule has 0 aromatic carbocycles. The third kappa shape index (κ3) is 13.4. The number of amides is 4. The first kappa shape index (κ1) is 32.5. The third-order valence-corrected chi connectivity index (χ3v) is 5.00. The van der Waals surface area contributed by atoms with E-state index in [0.29, 0.717) is 0 Å². The summed E-state index contributed by atoms with van der Waals surface area (Å²) in [6.45, 7) is 5.00. The van der Waals surface area contributed by atoms with Gasteiger partial charge in [0.2, 0.25) is 23.6 Å². The van der Waals surface area contributed by atoms with Crippen molar-refractivity contribution in [3.05, 3.63) is 0 Å². The molecule has 0 bridgehead atoms. The smallest absolute Gasteiger partial charge is 0.326 e. The minimum atomic E-state index is -1.51. The molecule has 0 saturated heterocycles. The summed E-state index contributed by atoms with van der Waals surface area (Å²) in [5.74, 6) is -4.56. The first-order valence-electron chi connectivity index (χ1n) is 11.6. The number of aliphatic carboxylic acids is 1. The molecule has 0 aromatic heterocycles. The largest absolute Gasteiger partial charge is 0.480 e. The molecule has 36 heavy (non-hydrogen) atoms. The Hall–Kier alpha value is -3.46. The maximum Gasteiger partial charge on any atom is 0.326 e. The van der Waals surface area contributed by atoms with Crippen LogP contribution in [0, 0.1) is 5.92 Å². The summed E-state index contributed by atoms with van der Waals surface area (Å²) in [7, 11) is 0. The Bertz CT molecular complexity index is 799. The van der Waals surface area contributed by atoms with Crippen molar-refractivity contribution in [1.82, 2.24) is 16.0 Å². The Balaban J connectivity index is 5.36. The van der Waals surface area contributed by atoms with Crippen LogP contribution in [0.4, 0.5) is 0 Å². The van der Waals surface area contributed by atoms with E-state index in [-0.39, 0.29) is 50.5 Å². The van der Waals surface area contributed by atoms with E-state index in [1.54, 1.807) is 13.8 Å². The summed E-state index contributed by atoms with van der Waals surface area (Å²) in [5.41, 5.74) is 21.3. The van der Waals surface area contributed by atoms with Crippen LogP contribution in [-0.4, -0.2) is 82.6 Å². The minimum absolute atomic E-state index is 0.00640. The van der Waals surface area contributed by atoms with Crippen LogP contribution < -0.4 is 38.9 Å². The van der Waals surface area contributed by atoms with Crippen LogP contribution in [-0.2, 0) is 24.0 Å². The Labute approximate surface area is 209 Å². The lowest BCUT2D eigenvalue weighted by Crippen LogP contribution is -2.60. The van der Waals surface area contributed by atoms with Crippen LogP contribution in [0.3, 0.4) is 0 Å². The van der Waals surface area contributed by atoms with Crippen molar-refractivity contribution in [1.29, 1.82) is 0 Å². The van der Waals surface area contributed by atoms with E-state index in [2.05, 4.69) is 20.9 Å². The summed E-state index contributed by atoms with van der Waals surface area (Å²) in [6, 6.07) is -5.03. The lowest BCUT2D eigenvalue weighted by atomic mass is 10.0. The van der Waals surface area contributed by atoms with Gasteiger partial charge in [0.05, 0.1) is 12.1 Å². The Morgan fingerprint density at radius 3 is 1.92 bits per heavy atom. The first-order valence-corrected chi connectivity index (χ1v) is 11.6. The number of rotatable bonds is 17. The van der Waals surface area contributed by atoms with Crippen LogP contribution in [0.2, 0.25) is 0 Å². The fourth-order valence-electron chi connectivity index (χ4n) is 3.09. The van der Waals surface area contributed by atoms with E-state index in [1.165, 1.54) is 6.92 Å². The predicted molar refractivity (Wildman–Crippen MR) is 131 cm³/mol. The van der Waals surface area contributed by atoms with Crippen LogP contribution >= 0.6 is 0 Å². The molecule has 5 atom stereocenters. The molecule has 4 amide bonds. The number of aliphatic hydroxyl groups is 1. The van der Waals surface area contributed by atoms with E-state index in [4.69, 9.17) is 22.9 Å². The van der Waals surface area contributed by atoms with Crippen molar-refractivity contribution in [2.75, 3.05) is 6.54 Å². The Morgan fingerprint density at radius 1 is 0.861 bits per heavy atom. The van der Waals surface area contributed by atoms with E-state index in [9.17, 15) is 34.2 Å². The van der Waals surface area contributed by atoms with E-state index in [1.807, 2.05) is 0 Å². The van der Waals surface area contributed by atoms with Crippen LogP contribution in [0.5, 0.6) is 0 Å². The normalized spacial score (nSPS) is 15.1. The second kappa shape index (κ2) is 16.3. The fraction of sp³-hybridized carbons (Fsp3) is 0.714. The highest BCUT2D eigenvalue weighted by Crippen LogP contribution is 2.08. The molecule has 13 N–H and O–H groups in total. The van der Waals surface area contributed by atoms with Gasteiger partial charge in [-0.3, -0.25) is 24.2 Å². The Morgan fingerprint density at radius 2 is 1.44 bits per heavy atom. The number of carboxylic acids is 1. The molecule has 0 rings (SSSR count). The van der Waals surface area contributed by atoms with Crippen molar-refractivity contribution in [3.8, 4) is 0 Å². The highest BCUT2D eigenvalue weighted by Gasteiger charge is 2.32. The molecule has 15 nitrogen and oxygen atoms in total. The molecule has 0 spiro atoms. The van der Waals surface area contributed by atoms with Gasteiger partial charge in [0.1, 0.15) is 18.1 Å². The zero-order valence-corrected chi connectivity index (χ0v) is 20.9. The summed E-state index contributed by atoms with van der Waals surface area (Å²) < 4.78 is 0. The lowest BCUT2D eigenvalue weighted by molar-refractivity contribution is -0.143. The summed E-state index contributed by atoms with van der Waals surface area (Å²) >= 11 is 0. The van der Waals surface area contributed by atoms with Gasteiger partial charge in [-0.2, -0.15) is 0 Å². The van der Waals surface area contributed by atoms with Gasteiger partial charge in [0, 0.05) is 13.0 Å². The van der Waals surface area contributed by atoms with Crippen LogP contribution in [0.15, 0.2) is 4.99 Å². The number of aliphatic hydroxyl groups excluding tert-OH is 1. The van der Waals surface area contributed by atoms with E-state index >= 15 is 0 Å². The molecule has 0 aliphatic carbocycles. The minimum Gasteiger partial charge on any atom is -0.480 e. The van der Waals surface area contributed by atoms with Crippen molar-refractivity contribution in [2.45, 2.75) is 83.1 Å². The molecule has 0 radical (unpaired) electrons. The number of guanidine groups is 1. The molecule has 0 aliphatic heterocycles. The predicted octanol–water partition coefficient (Wildman–Crippen LogP) is -3.40. The SMILES string of the molecule is CC(C)CC(NC(=O)C(N)CCC(N)=O)C(=O)NC(C(=O)NC(CCCN=C(N)N)C(=O)O)C(C)O. The number of carboxylic acid groups (broad SMARTS) is 1. The van der Waals surface area contributed by atoms with Gasteiger partial charge in [0.25, 0.3) is 0 Å². The molecule has 0 aliphatic rings. The maximum atomic E-state index is 12.9. The molecule has 0 heterocycles. The highest BCUT2D eigenvalue weighted by atomic mass is 16.4. The second-order valence-corrected chi connectivity index (χ2v) is 8.88. The molecule has 0 saturated carbocycles. The monoisotopic (exact) mass is 516 g/mol. The van der Waals surface area contributed by atoms with Gasteiger partial charge < -0.3 is 49.1 Å². The van der Waals surface area contributed by atoms with Crippen LogP contribution in [0.1, 0.15) is 52.9 Å². The van der Waals surface area contributed by atoms with Gasteiger partial charge in [-0.25, -0.2) is 4.79 Å². The molecule has 0 fully saturated rings. The van der Waals surface area contributed by atoms with Crippen molar-refractivity contribution in [2.24, 2.45) is 33.8 Å². The third-order valence-electron chi connectivity index (χ3n) is 5.00. The summed E-state index contributed by atoms with van der Waals surface area (Å²) in [6.07, 6.45) is -1.10. The number of primary amides is 1. The number of nitrogens with two attached hydrogens (primary N) is 4. The fourth-order valence-corrected chi connectivity index (χ4v) is 3.09. The van der Waals surface area contributed by atoms with Crippen molar-refractivity contribution < 1.29 is 34.2 Å². The second-order valence-electron chi connectivity index (χ2n) is 8.88. The van der Waals surface area contributed by atoms with Gasteiger partial charge in [-0.15, -0.1) is 0 Å². The van der Waals surface area contributed by atoms with E-state index < -0.39 is 59.9 Å². The number of hydrogen-bond acceptors (Lipinski definition) is 8. The number of nitrogens with one attached hydrogen (secondary N) is 3. The average Bonchev–Trinajstić information content (AvgIpc) is 2.75. The number of aliphatic imine (C=N–C) groups is 1. The number of hydrogen-bond donors (Lipinski definition) is 9. The average molecular weight is 517 g/mol. The first-order chi connectivity index (χ1) is 16.6. The summed E-state index contributed by atoms with van der Waals surface area (Å²) in [4.78, 5) is 64.3.